The van der Waals surface area contributed by atoms with Gasteiger partial charge in [0.1, 0.15) is 0 Å². The highest BCUT2D eigenvalue weighted by atomic mass is 32.2. The van der Waals surface area contributed by atoms with Gasteiger partial charge in [-0.05, 0) is 73.0 Å². The molecule has 154 valence electrons. The van der Waals surface area contributed by atoms with Gasteiger partial charge < -0.3 is 14.1 Å². The number of ether oxygens (including phenoxy) is 1. The van der Waals surface area contributed by atoms with E-state index in [-0.39, 0.29) is 5.75 Å². The normalized spacial score (nSPS) is 33.5. The number of oxime groups is 1. The lowest BCUT2D eigenvalue weighted by atomic mass is 9.50. The molecule has 3 unspecified atom stereocenters. The van der Waals surface area contributed by atoms with Crippen LogP contribution in [0.1, 0.15) is 68.9 Å². The van der Waals surface area contributed by atoms with Crippen molar-refractivity contribution in [2.24, 2.45) is 27.5 Å². The summed E-state index contributed by atoms with van der Waals surface area (Å²) in [6.07, 6.45) is 7.98. The van der Waals surface area contributed by atoms with Gasteiger partial charge in [0.2, 0.25) is 0 Å². The highest BCUT2D eigenvalue weighted by Gasteiger charge is 2.50. The summed E-state index contributed by atoms with van der Waals surface area (Å²) < 4.78 is 33.2. The van der Waals surface area contributed by atoms with E-state index >= 15 is 0 Å². The van der Waals surface area contributed by atoms with Crippen molar-refractivity contribution in [1.29, 1.82) is 0 Å². The minimum atomic E-state index is -4.19. The molecule has 2 fully saturated rings. The fourth-order valence-corrected chi connectivity index (χ4v) is 6.41. The Morgan fingerprint density at radius 3 is 2.68 bits per heavy atom. The van der Waals surface area contributed by atoms with E-state index in [1.807, 2.05) is 6.07 Å². The fraction of sp³-hybridized carbons (Fsp3) is 0.650. The van der Waals surface area contributed by atoms with Gasteiger partial charge in [-0.3, -0.25) is 0 Å². The molecule has 4 atom stereocenters. The standard InChI is InChI=1S/C20H28N2O5S/c1-20-7-4-3-5-16(20)14-9-17(22-23)15-11-19(27-28(21,24)25)18(26-2)10-13(15)12(14)6-8-20/h10-12,14,16,23H,3-9H2,1-2H3,(H2,21,24,25)/b22-17-/t12?,14?,16?,20-/m0/s1. The minimum absolute atomic E-state index is 0.0154. The molecule has 3 aliphatic carbocycles. The van der Waals surface area contributed by atoms with Crippen molar-refractivity contribution in [2.75, 3.05) is 7.11 Å². The molecule has 1 aromatic rings. The average Bonchev–Trinajstić information content (AvgIpc) is 2.64. The maximum absolute atomic E-state index is 11.4. The molecule has 4 rings (SSSR count). The van der Waals surface area contributed by atoms with Crippen LogP contribution in [0.2, 0.25) is 0 Å². The summed E-state index contributed by atoms with van der Waals surface area (Å²) in [5.41, 5.74) is 2.71. The number of fused-ring (bicyclic) bond motifs is 5. The molecule has 0 aromatic heterocycles. The third-order valence-corrected chi connectivity index (χ3v) is 7.68. The van der Waals surface area contributed by atoms with Crippen molar-refractivity contribution in [3.63, 3.8) is 0 Å². The molecule has 0 bridgehead atoms. The van der Waals surface area contributed by atoms with Gasteiger partial charge in [-0.2, -0.15) is 13.6 Å². The van der Waals surface area contributed by atoms with Crippen molar-refractivity contribution in [1.82, 2.24) is 0 Å². The Balaban J connectivity index is 1.80. The Morgan fingerprint density at radius 2 is 2.00 bits per heavy atom. The Kier molecular flexibility index (Phi) is 4.82. The molecule has 0 aliphatic heterocycles. The third-order valence-electron chi connectivity index (χ3n) is 7.27. The Bertz CT molecular complexity index is 913. The number of hydrogen-bond acceptors (Lipinski definition) is 6. The summed E-state index contributed by atoms with van der Waals surface area (Å²) in [4.78, 5) is 0. The molecule has 8 heteroatoms. The van der Waals surface area contributed by atoms with Gasteiger partial charge >= 0.3 is 10.3 Å². The van der Waals surface area contributed by atoms with Gasteiger partial charge in [0.25, 0.3) is 0 Å². The molecule has 0 spiro atoms. The maximum atomic E-state index is 11.4. The van der Waals surface area contributed by atoms with Crippen LogP contribution in [0.15, 0.2) is 17.3 Å². The van der Waals surface area contributed by atoms with E-state index in [2.05, 4.69) is 12.1 Å². The number of rotatable bonds is 3. The van der Waals surface area contributed by atoms with Crippen LogP contribution in [0.3, 0.4) is 0 Å². The Hall–Kier alpha value is -1.80. The molecule has 7 nitrogen and oxygen atoms in total. The van der Waals surface area contributed by atoms with Crippen molar-refractivity contribution in [3.8, 4) is 11.5 Å². The van der Waals surface area contributed by atoms with Crippen LogP contribution in [0.4, 0.5) is 0 Å². The Morgan fingerprint density at radius 1 is 1.21 bits per heavy atom. The lowest BCUT2D eigenvalue weighted by Gasteiger charge is -2.54. The van der Waals surface area contributed by atoms with Gasteiger partial charge in [0.05, 0.1) is 12.8 Å². The lowest BCUT2D eigenvalue weighted by Crippen LogP contribution is -2.45. The minimum Gasteiger partial charge on any atom is -0.493 e. The number of benzene rings is 1. The summed E-state index contributed by atoms with van der Waals surface area (Å²) >= 11 is 0. The van der Waals surface area contributed by atoms with E-state index in [0.717, 1.165) is 17.5 Å². The molecular weight excluding hydrogens is 380 g/mol. The highest BCUT2D eigenvalue weighted by molar-refractivity contribution is 7.84. The summed E-state index contributed by atoms with van der Waals surface area (Å²) in [5.74, 6) is 1.71. The largest absolute Gasteiger partial charge is 0.493 e. The Labute approximate surface area is 166 Å². The van der Waals surface area contributed by atoms with E-state index in [4.69, 9.17) is 14.1 Å². The first-order valence-electron chi connectivity index (χ1n) is 9.91. The van der Waals surface area contributed by atoms with Crippen molar-refractivity contribution in [2.45, 2.75) is 57.8 Å². The molecule has 3 aliphatic rings. The van der Waals surface area contributed by atoms with Crippen LogP contribution in [0.5, 0.6) is 11.5 Å². The molecule has 2 saturated carbocycles. The smallest absolute Gasteiger partial charge is 0.380 e. The lowest BCUT2D eigenvalue weighted by molar-refractivity contribution is 0.00382. The molecule has 1 aromatic carbocycles. The van der Waals surface area contributed by atoms with Crippen molar-refractivity contribution >= 4 is 16.0 Å². The summed E-state index contributed by atoms with van der Waals surface area (Å²) in [5, 5.41) is 18.3. The first kappa shape index (κ1) is 19.5. The van der Waals surface area contributed by atoms with Crippen LogP contribution >= 0.6 is 0 Å². The predicted molar refractivity (Wildman–Crippen MR) is 105 cm³/mol. The van der Waals surface area contributed by atoms with E-state index in [0.29, 0.717) is 41.1 Å². The molecule has 28 heavy (non-hydrogen) atoms. The van der Waals surface area contributed by atoms with Gasteiger partial charge in [-0.15, -0.1) is 0 Å². The highest BCUT2D eigenvalue weighted by Crippen LogP contribution is 2.60. The number of hydrogen-bond donors (Lipinski definition) is 2. The van der Waals surface area contributed by atoms with Gasteiger partial charge in [0.15, 0.2) is 11.5 Å². The first-order chi connectivity index (χ1) is 13.3. The first-order valence-corrected chi connectivity index (χ1v) is 11.4. The molecule has 0 heterocycles. The van der Waals surface area contributed by atoms with E-state index in [1.165, 1.54) is 39.2 Å². The van der Waals surface area contributed by atoms with Crippen molar-refractivity contribution < 1.29 is 22.5 Å². The summed E-state index contributed by atoms with van der Waals surface area (Å²) in [6, 6.07) is 3.42. The fourth-order valence-electron chi connectivity index (χ4n) is 6.03. The van der Waals surface area contributed by atoms with Crippen LogP contribution in [0, 0.1) is 17.3 Å². The zero-order chi connectivity index (χ0) is 20.1. The molecule has 3 N–H and O–H groups in total. The molecule has 0 radical (unpaired) electrons. The van der Waals surface area contributed by atoms with Crippen molar-refractivity contribution in [3.05, 3.63) is 23.3 Å². The van der Waals surface area contributed by atoms with Crippen LogP contribution in [-0.4, -0.2) is 26.4 Å². The molecule has 0 saturated heterocycles. The summed E-state index contributed by atoms with van der Waals surface area (Å²) in [7, 11) is -2.72. The van der Waals surface area contributed by atoms with Crippen LogP contribution in [0.25, 0.3) is 0 Å². The average molecular weight is 409 g/mol. The summed E-state index contributed by atoms with van der Waals surface area (Å²) in [6.45, 7) is 2.42. The van der Waals surface area contributed by atoms with E-state index in [1.54, 1.807) is 6.07 Å². The van der Waals surface area contributed by atoms with E-state index in [9.17, 15) is 13.6 Å². The SMILES string of the molecule is COc1cc2c(cc1OS(N)(=O)=O)/C(=N\O)CC1C2CC[C@]2(C)CCCCC12. The van der Waals surface area contributed by atoms with E-state index < -0.39 is 10.3 Å². The second-order valence-corrected chi connectivity index (χ2v) is 9.88. The van der Waals surface area contributed by atoms with Crippen LogP contribution in [-0.2, 0) is 10.3 Å². The number of nitrogens with zero attached hydrogens (tertiary/aromatic N) is 1. The second-order valence-electron chi connectivity index (χ2n) is 8.73. The monoisotopic (exact) mass is 408 g/mol. The predicted octanol–water partition coefficient (Wildman–Crippen LogP) is 3.55. The third kappa shape index (κ3) is 3.26. The van der Waals surface area contributed by atoms with Gasteiger partial charge in [-0.25, -0.2) is 0 Å². The zero-order valence-corrected chi connectivity index (χ0v) is 17.2. The maximum Gasteiger partial charge on any atom is 0.380 e. The number of methoxy groups -OCH3 is 1. The zero-order valence-electron chi connectivity index (χ0n) is 16.3. The quantitative estimate of drug-likeness (QED) is 0.587. The van der Waals surface area contributed by atoms with Gasteiger partial charge in [-0.1, -0.05) is 24.9 Å². The number of nitrogens with two attached hydrogens (primary N) is 1. The second kappa shape index (κ2) is 6.91. The van der Waals surface area contributed by atoms with Gasteiger partial charge in [0, 0.05) is 5.56 Å². The van der Waals surface area contributed by atoms with Crippen LogP contribution < -0.4 is 14.1 Å². The molecule has 0 amide bonds. The topological polar surface area (TPSA) is 111 Å². The molecular formula is C20H28N2O5S.